The second kappa shape index (κ2) is 7.35. The predicted molar refractivity (Wildman–Crippen MR) is 89.9 cm³/mol. The van der Waals surface area contributed by atoms with Crippen LogP contribution < -0.4 is 5.32 Å². The summed E-state index contributed by atoms with van der Waals surface area (Å²) in [4.78, 5) is 32.2. The minimum atomic E-state index is -0.402. The lowest BCUT2D eigenvalue weighted by atomic mass is 10.1. The summed E-state index contributed by atoms with van der Waals surface area (Å²) in [6, 6.07) is -0.599. The average Bonchev–Trinajstić information content (AvgIpc) is 2.85. The van der Waals surface area contributed by atoms with E-state index in [0.29, 0.717) is 0 Å². The highest BCUT2D eigenvalue weighted by Gasteiger charge is 2.49. The number of carbonyl (C=O) groups excluding carboxylic acids is 2. The first-order valence-electron chi connectivity index (χ1n) is 8.04. The van der Waals surface area contributed by atoms with Gasteiger partial charge in [0.15, 0.2) is 17.4 Å². The van der Waals surface area contributed by atoms with Gasteiger partial charge in [-0.05, 0) is 20.3 Å². The van der Waals surface area contributed by atoms with Gasteiger partial charge < -0.3 is 9.80 Å². The first kappa shape index (κ1) is 17.1. The molecule has 0 aromatic rings. The first-order chi connectivity index (χ1) is 10.5. The van der Waals surface area contributed by atoms with Gasteiger partial charge >= 0.3 is 6.03 Å². The van der Waals surface area contributed by atoms with Crippen molar-refractivity contribution < 1.29 is 9.59 Å². The molecule has 0 bridgehead atoms. The molecule has 2 atom stereocenters. The molecule has 0 saturated carbocycles. The summed E-state index contributed by atoms with van der Waals surface area (Å²) in [7, 11) is 1.69. The molecular formula is C15H26N4O2S. The Morgan fingerprint density at radius 2 is 2.00 bits per heavy atom. The zero-order valence-electron chi connectivity index (χ0n) is 13.8. The van der Waals surface area contributed by atoms with E-state index in [2.05, 4.69) is 31.1 Å². The molecule has 2 rings (SSSR count). The number of amides is 3. The Kier molecular flexibility index (Phi) is 5.72. The van der Waals surface area contributed by atoms with Gasteiger partial charge in [0.05, 0.1) is 0 Å². The number of urea groups is 1. The fraction of sp³-hybridized carbons (Fsp3) is 0.800. The van der Waals surface area contributed by atoms with Gasteiger partial charge in [-0.3, -0.25) is 10.1 Å². The molecule has 22 heavy (non-hydrogen) atoms. The molecule has 1 fully saturated rings. The molecule has 2 unspecified atom stereocenters. The fourth-order valence-corrected chi connectivity index (χ4v) is 3.99. The Labute approximate surface area is 136 Å². The number of rotatable bonds is 6. The number of hydrogen-bond donors (Lipinski definition) is 1. The van der Waals surface area contributed by atoms with Crippen LogP contribution in [0.1, 0.15) is 46.5 Å². The molecule has 124 valence electrons. The molecule has 0 aliphatic carbocycles. The predicted octanol–water partition coefficient (Wildman–Crippen LogP) is 2.26. The highest BCUT2D eigenvalue weighted by Crippen LogP contribution is 2.30. The van der Waals surface area contributed by atoms with Crippen molar-refractivity contribution in [2.45, 2.75) is 64.7 Å². The lowest BCUT2D eigenvalue weighted by molar-refractivity contribution is -0.127. The first-order valence-corrected chi connectivity index (χ1v) is 9.02. The van der Waals surface area contributed by atoms with E-state index in [1.807, 2.05) is 4.90 Å². The number of amidine groups is 1. The molecule has 6 nitrogen and oxygen atoms in total. The number of likely N-dealkylation sites (N-methyl/N-ethyl adjacent to an activating group) is 1. The minimum absolute atomic E-state index is 0.171. The highest BCUT2D eigenvalue weighted by molar-refractivity contribution is 8.13. The van der Waals surface area contributed by atoms with Crippen LogP contribution in [0.2, 0.25) is 0 Å². The van der Waals surface area contributed by atoms with Crippen molar-refractivity contribution in [2.75, 3.05) is 12.8 Å². The van der Waals surface area contributed by atoms with Crippen molar-refractivity contribution in [1.82, 2.24) is 15.1 Å². The van der Waals surface area contributed by atoms with Crippen LogP contribution in [0.5, 0.6) is 0 Å². The Balaban J connectivity index is 2.07. The third kappa shape index (κ3) is 3.39. The quantitative estimate of drug-likeness (QED) is 0.760. The summed E-state index contributed by atoms with van der Waals surface area (Å²) < 4.78 is 0. The molecule has 1 saturated heterocycles. The Morgan fingerprint density at radius 1 is 1.27 bits per heavy atom. The van der Waals surface area contributed by atoms with Crippen molar-refractivity contribution >= 4 is 28.9 Å². The molecule has 0 spiro atoms. The van der Waals surface area contributed by atoms with Crippen LogP contribution in [0.25, 0.3) is 0 Å². The van der Waals surface area contributed by atoms with E-state index in [9.17, 15) is 9.59 Å². The molecule has 3 amide bonds. The summed E-state index contributed by atoms with van der Waals surface area (Å²) >= 11 is 1.70. The minimum Gasteiger partial charge on any atom is -0.333 e. The van der Waals surface area contributed by atoms with E-state index >= 15 is 0 Å². The number of hydrogen-bond acceptors (Lipinski definition) is 5. The number of carbonyl (C=O) groups is 2. The second-order valence-corrected chi connectivity index (χ2v) is 7.15. The normalized spacial score (nSPS) is 24.7. The van der Waals surface area contributed by atoms with Gasteiger partial charge in [0.25, 0.3) is 5.91 Å². The molecular weight excluding hydrogens is 300 g/mol. The van der Waals surface area contributed by atoms with Crippen molar-refractivity contribution in [3.8, 4) is 0 Å². The van der Waals surface area contributed by atoms with Crippen LogP contribution >= 0.6 is 11.8 Å². The summed E-state index contributed by atoms with van der Waals surface area (Å²) in [6.07, 6.45) is 4.46. The van der Waals surface area contributed by atoms with Gasteiger partial charge in [-0.25, -0.2) is 9.79 Å². The molecule has 0 aromatic heterocycles. The number of thioether (sulfide) groups is 1. The van der Waals surface area contributed by atoms with Crippen molar-refractivity contribution in [3.05, 3.63) is 0 Å². The number of fused-ring (bicyclic) bond motifs is 1. The standard InChI is InChI=1S/C15H26N4O2S/c1-5-6-7-8-9-22-15-16-12-11(19(15)10(2)3)13(20)17-14(21)18(12)4/h10-12H,5-9H2,1-4H3,(H,17,20,21). The van der Waals surface area contributed by atoms with Crippen LogP contribution in [0.4, 0.5) is 4.79 Å². The second-order valence-electron chi connectivity index (χ2n) is 6.09. The van der Waals surface area contributed by atoms with Crippen LogP contribution in [0, 0.1) is 0 Å². The van der Waals surface area contributed by atoms with Crippen LogP contribution in [-0.2, 0) is 4.79 Å². The summed E-state index contributed by atoms with van der Waals surface area (Å²) in [5, 5.41) is 3.30. The Morgan fingerprint density at radius 3 is 2.64 bits per heavy atom. The third-order valence-corrected chi connectivity index (χ3v) is 5.11. The van der Waals surface area contributed by atoms with E-state index in [0.717, 1.165) is 17.3 Å². The summed E-state index contributed by atoms with van der Waals surface area (Å²) in [6.45, 7) is 6.31. The Hall–Kier alpha value is -1.24. The van der Waals surface area contributed by atoms with Crippen LogP contribution in [0.3, 0.4) is 0 Å². The van der Waals surface area contributed by atoms with E-state index in [1.165, 1.54) is 24.2 Å². The maximum absolute atomic E-state index is 12.2. The SMILES string of the molecule is CCCCCCSC1=NC2C(C(=O)NC(=O)N2C)N1C(C)C. The monoisotopic (exact) mass is 326 g/mol. The van der Waals surface area contributed by atoms with Crippen molar-refractivity contribution in [2.24, 2.45) is 4.99 Å². The van der Waals surface area contributed by atoms with Crippen LogP contribution in [0.15, 0.2) is 4.99 Å². The van der Waals surface area contributed by atoms with Gasteiger partial charge in [0, 0.05) is 18.8 Å². The number of nitrogens with one attached hydrogen (secondary N) is 1. The smallest absolute Gasteiger partial charge is 0.325 e. The maximum atomic E-state index is 12.2. The molecule has 0 aromatic carbocycles. The van der Waals surface area contributed by atoms with Gasteiger partial charge in [0.2, 0.25) is 0 Å². The average molecular weight is 326 g/mol. The zero-order valence-corrected chi connectivity index (χ0v) is 14.7. The fourth-order valence-electron chi connectivity index (χ4n) is 2.81. The number of unbranched alkanes of at least 4 members (excludes halogenated alkanes) is 3. The van der Waals surface area contributed by atoms with Gasteiger partial charge in [-0.1, -0.05) is 37.9 Å². The lowest BCUT2D eigenvalue weighted by Crippen LogP contribution is -2.64. The van der Waals surface area contributed by atoms with E-state index < -0.39 is 12.2 Å². The number of imide groups is 1. The largest absolute Gasteiger partial charge is 0.333 e. The lowest BCUT2D eigenvalue weighted by Gasteiger charge is -2.37. The molecule has 7 heteroatoms. The summed E-state index contributed by atoms with van der Waals surface area (Å²) in [5.74, 6) is 0.757. The Bertz CT molecular complexity index is 466. The topological polar surface area (TPSA) is 65.0 Å². The molecule has 2 aliphatic heterocycles. The summed E-state index contributed by atoms with van der Waals surface area (Å²) in [5.41, 5.74) is 0. The molecule has 2 aliphatic rings. The van der Waals surface area contributed by atoms with E-state index in [1.54, 1.807) is 18.8 Å². The molecule has 0 radical (unpaired) electrons. The number of nitrogens with zero attached hydrogens (tertiary/aromatic N) is 3. The van der Waals surface area contributed by atoms with Gasteiger partial charge in [0.1, 0.15) is 0 Å². The molecule has 1 N–H and O–H groups in total. The zero-order chi connectivity index (χ0) is 16.3. The third-order valence-electron chi connectivity index (χ3n) is 4.05. The van der Waals surface area contributed by atoms with Gasteiger partial charge in [-0.2, -0.15) is 0 Å². The molecule has 2 heterocycles. The maximum Gasteiger partial charge on any atom is 0.325 e. The van der Waals surface area contributed by atoms with E-state index in [-0.39, 0.29) is 18.0 Å². The number of aliphatic imine (C=N–C) groups is 1. The van der Waals surface area contributed by atoms with Crippen molar-refractivity contribution in [3.63, 3.8) is 0 Å². The van der Waals surface area contributed by atoms with Crippen molar-refractivity contribution in [1.29, 1.82) is 0 Å². The van der Waals surface area contributed by atoms with Gasteiger partial charge in [-0.15, -0.1) is 0 Å². The van der Waals surface area contributed by atoms with E-state index in [4.69, 9.17) is 0 Å². The van der Waals surface area contributed by atoms with Crippen LogP contribution in [-0.4, -0.2) is 58.0 Å². The highest BCUT2D eigenvalue weighted by atomic mass is 32.2.